The van der Waals surface area contributed by atoms with Gasteiger partial charge in [-0.2, -0.15) is 0 Å². The number of hydrogen-bond donors (Lipinski definition) is 1. The maximum Gasteiger partial charge on any atom is 0.157 e. The first-order valence-electron chi connectivity index (χ1n) is 7.85. The van der Waals surface area contributed by atoms with Crippen molar-refractivity contribution < 1.29 is 5.11 Å². The molecule has 1 aromatic rings. The molecule has 1 aromatic heterocycles. The Morgan fingerprint density at radius 3 is 2.30 bits per heavy atom. The highest BCUT2D eigenvalue weighted by Gasteiger charge is 2.50. The van der Waals surface area contributed by atoms with Gasteiger partial charge in [0.25, 0.3) is 0 Å². The third kappa shape index (κ3) is 2.12. The second-order valence-electron chi connectivity index (χ2n) is 7.50. The zero-order valence-electron chi connectivity index (χ0n) is 12.1. The van der Waals surface area contributed by atoms with E-state index >= 15 is 0 Å². The molecule has 0 amide bonds. The fourth-order valence-corrected chi connectivity index (χ4v) is 5.88. The summed E-state index contributed by atoms with van der Waals surface area (Å²) in [6.07, 6.45) is 8.19. The van der Waals surface area contributed by atoms with Gasteiger partial charge in [-0.15, -0.1) is 11.3 Å². The first-order chi connectivity index (χ1) is 9.55. The molecule has 0 aromatic carbocycles. The molecular weight excluding hydrogens is 264 g/mol. The second kappa shape index (κ2) is 4.36. The van der Waals surface area contributed by atoms with Crippen LogP contribution in [-0.4, -0.2) is 5.11 Å². The van der Waals surface area contributed by atoms with Gasteiger partial charge in [0.15, 0.2) is 5.60 Å². The number of rotatable bonds is 1. The smallest absolute Gasteiger partial charge is 0.157 e. The topological polar surface area (TPSA) is 20.2 Å². The molecular formula is C18H22OS. The molecule has 106 valence electrons. The average molecular weight is 286 g/mol. The molecule has 1 N–H and O–H groups in total. The van der Waals surface area contributed by atoms with E-state index in [-0.39, 0.29) is 5.41 Å². The molecule has 0 unspecified atom stereocenters. The standard InChI is InChI=1S/C18H22OS/c1-17(19,16-3-2-6-20-16)4-5-18-10-13-7-14(11-18)9-15(8-13)12-18/h2-3,6,13-15,19H,7-12H2,1H3/t13?,14?,15?,17-,18?/m0/s1. The van der Waals surface area contributed by atoms with E-state index in [9.17, 15) is 5.11 Å². The van der Waals surface area contributed by atoms with Crippen LogP contribution in [0, 0.1) is 35.0 Å². The molecule has 1 atom stereocenters. The Labute approximate surface area is 125 Å². The minimum Gasteiger partial charge on any atom is -0.373 e. The molecule has 4 saturated carbocycles. The summed E-state index contributed by atoms with van der Waals surface area (Å²) < 4.78 is 0. The van der Waals surface area contributed by atoms with Crippen LogP contribution in [0.2, 0.25) is 0 Å². The van der Waals surface area contributed by atoms with E-state index in [4.69, 9.17) is 0 Å². The molecule has 4 aliphatic rings. The fourth-order valence-electron chi connectivity index (χ4n) is 5.14. The first kappa shape index (κ1) is 12.9. The van der Waals surface area contributed by atoms with Gasteiger partial charge in [-0.05, 0) is 74.6 Å². The van der Waals surface area contributed by atoms with Crippen LogP contribution >= 0.6 is 11.3 Å². The molecule has 1 heterocycles. The van der Waals surface area contributed by atoms with Gasteiger partial charge in [0.2, 0.25) is 0 Å². The molecule has 4 bridgehead atoms. The van der Waals surface area contributed by atoms with Gasteiger partial charge in [-0.3, -0.25) is 0 Å². The molecule has 0 spiro atoms. The highest BCUT2D eigenvalue weighted by atomic mass is 32.1. The zero-order valence-corrected chi connectivity index (χ0v) is 12.9. The molecule has 1 nitrogen and oxygen atoms in total. The Morgan fingerprint density at radius 2 is 1.80 bits per heavy atom. The molecule has 2 heteroatoms. The van der Waals surface area contributed by atoms with Crippen LogP contribution in [0.1, 0.15) is 50.3 Å². The third-order valence-electron chi connectivity index (χ3n) is 5.61. The molecule has 0 saturated heterocycles. The van der Waals surface area contributed by atoms with Gasteiger partial charge in [-0.25, -0.2) is 0 Å². The Bertz CT molecular complexity index is 523. The quantitative estimate of drug-likeness (QED) is 0.768. The van der Waals surface area contributed by atoms with Crippen LogP contribution in [0.4, 0.5) is 0 Å². The summed E-state index contributed by atoms with van der Waals surface area (Å²) in [7, 11) is 0. The number of hydrogen-bond acceptors (Lipinski definition) is 2. The minimum atomic E-state index is -0.975. The van der Waals surface area contributed by atoms with Gasteiger partial charge in [-0.1, -0.05) is 17.9 Å². The summed E-state index contributed by atoms with van der Waals surface area (Å²) in [5.41, 5.74) is -0.743. The molecule has 0 aliphatic heterocycles. The van der Waals surface area contributed by atoms with Crippen molar-refractivity contribution in [2.24, 2.45) is 23.2 Å². The van der Waals surface area contributed by atoms with Gasteiger partial charge >= 0.3 is 0 Å². The van der Waals surface area contributed by atoms with E-state index in [1.807, 2.05) is 24.4 Å². The van der Waals surface area contributed by atoms with Crippen LogP contribution < -0.4 is 0 Å². The summed E-state index contributed by atoms with van der Waals surface area (Å²) in [4.78, 5) is 0.967. The van der Waals surface area contributed by atoms with E-state index in [1.165, 1.54) is 38.5 Å². The predicted molar refractivity (Wildman–Crippen MR) is 82.3 cm³/mol. The third-order valence-corrected chi connectivity index (χ3v) is 6.69. The lowest BCUT2D eigenvalue weighted by Crippen LogP contribution is -2.45. The van der Waals surface area contributed by atoms with Gasteiger partial charge in [0.05, 0.1) is 0 Å². The molecule has 4 fully saturated rings. The van der Waals surface area contributed by atoms with Crippen LogP contribution in [0.15, 0.2) is 17.5 Å². The van der Waals surface area contributed by atoms with E-state index in [0.29, 0.717) is 0 Å². The Kier molecular flexibility index (Phi) is 2.81. The lowest BCUT2D eigenvalue weighted by Gasteiger charge is -2.54. The fraction of sp³-hybridized carbons (Fsp3) is 0.667. The van der Waals surface area contributed by atoms with E-state index in [1.54, 1.807) is 11.3 Å². The van der Waals surface area contributed by atoms with Crippen LogP contribution in [0.3, 0.4) is 0 Å². The van der Waals surface area contributed by atoms with Crippen molar-refractivity contribution in [1.29, 1.82) is 0 Å². The van der Waals surface area contributed by atoms with Crippen molar-refractivity contribution >= 4 is 11.3 Å². The normalized spacial score (nSPS) is 41.0. The van der Waals surface area contributed by atoms with Crippen molar-refractivity contribution in [3.63, 3.8) is 0 Å². The molecule has 4 aliphatic carbocycles. The Hall–Kier alpha value is -0.780. The highest BCUT2D eigenvalue weighted by molar-refractivity contribution is 7.10. The van der Waals surface area contributed by atoms with Crippen molar-refractivity contribution in [1.82, 2.24) is 0 Å². The Morgan fingerprint density at radius 1 is 1.20 bits per heavy atom. The summed E-state index contributed by atoms with van der Waals surface area (Å²) >= 11 is 1.59. The molecule has 20 heavy (non-hydrogen) atoms. The number of aliphatic hydroxyl groups is 1. The van der Waals surface area contributed by atoms with Crippen molar-refractivity contribution in [3.05, 3.63) is 22.4 Å². The SMILES string of the molecule is C[C@](O)(C#CC12CC3CC(CC(C3)C1)C2)c1cccs1. The predicted octanol–water partition coefficient (Wildman–Crippen LogP) is 4.18. The summed E-state index contributed by atoms with van der Waals surface area (Å²) in [5, 5.41) is 12.6. The monoisotopic (exact) mass is 286 g/mol. The maximum atomic E-state index is 10.6. The van der Waals surface area contributed by atoms with E-state index in [0.717, 1.165) is 22.6 Å². The Balaban J connectivity index is 1.62. The maximum absolute atomic E-state index is 10.6. The van der Waals surface area contributed by atoms with Crippen LogP contribution in [0.25, 0.3) is 0 Å². The van der Waals surface area contributed by atoms with Crippen molar-refractivity contribution in [3.8, 4) is 11.8 Å². The van der Waals surface area contributed by atoms with Crippen LogP contribution in [0.5, 0.6) is 0 Å². The highest BCUT2D eigenvalue weighted by Crippen LogP contribution is 2.59. The van der Waals surface area contributed by atoms with Crippen molar-refractivity contribution in [2.45, 2.75) is 51.0 Å². The zero-order chi connectivity index (χ0) is 13.8. The minimum absolute atomic E-state index is 0.232. The molecule has 0 radical (unpaired) electrons. The first-order valence-corrected chi connectivity index (χ1v) is 8.73. The summed E-state index contributed by atoms with van der Waals surface area (Å²) in [6, 6.07) is 3.97. The largest absolute Gasteiger partial charge is 0.373 e. The lowest BCUT2D eigenvalue weighted by atomic mass is 9.50. The summed E-state index contributed by atoms with van der Waals surface area (Å²) in [5.74, 6) is 9.55. The molecule has 5 rings (SSSR count). The summed E-state index contributed by atoms with van der Waals surface area (Å²) in [6.45, 7) is 1.84. The lowest BCUT2D eigenvalue weighted by molar-refractivity contribution is -0.0186. The van der Waals surface area contributed by atoms with E-state index in [2.05, 4.69) is 11.8 Å². The van der Waals surface area contributed by atoms with Gasteiger partial charge < -0.3 is 5.11 Å². The average Bonchev–Trinajstić information content (AvgIpc) is 2.90. The van der Waals surface area contributed by atoms with Crippen molar-refractivity contribution in [2.75, 3.05) is 0 Å². The van der Waals surface area contributed by atoms with Gasteiger partial charge in [0.1, 0.15) is 0 Å². The van der Waals surface area contributed by atoms with Gasteiger partial charge in [0, 0.05) is 10.3 Å². The number of thiophene rings is 1. The van der Waals surface area contributed by atoms with Crippen LogP contribution in [-0.2, 0) is 5.60 Å². The second-order valence-corrected chi connectivity index (χ2v) is 8.45. The van der Waals surface area contributed by atoms with E-state index < -0.39 is 5.60 Å².